The van der Waals surface area contributed by atoms with E-state index in [2.05, 4.69) is 10.6 Å². The number of carbonyl (C=O) groups excluding carboxylic acids is 1. The van der Waals surface area contributed by atoms with Crippen LogP contribution in [-0.4, -0.2) is 41.7 Å². The van der Waals surface area contributed by atoms with Gasteiger partial charge in [-0.15, -0.1) is 0 Å². The summed E-state index contributed by atoms with van der Waals surface area (Å²) >= 11 is 0. The highest BCUT2D eigenvalue weighted by Crippen LogP contribution is 2.18. The Morgan fingerprint density at radius 3 is 2.59 bits per heavy atom. The molecular weight excluding hydrogens is 286 g/mol. The van der Waals surface area contributed by atoms with Crippen LogP contribution in [0.4, 0.5) is 5.69 Å². The zero-order chi connectivity index (χ0) is 16.1. The Kier molecular flexibility index (Phi) is 5.00. The van der Waals surface area contributed by atoms with Crippen LogP contribution in [0, 0.1) is 0 Å². The van der Waals surface area contributed by atoms with Crippen molar-refractivity contribution < 1.29 is 19.4 Å². The minimum absolute atomic E-state index is 0.200. The van der Waals surface area contributed by atoms with Crippen LogP contribution in [0.1, 0.15) is 6.92 Å². The normalized spacial score (nSPS) is 23.9. The summed E-state index contributed by atoms with van der Waals surface area (Å²) in [7, 11) is 0. The fourth-order valence-electron chi connectivity index (χ4n) is 2.29. The molecule has 5 N–H and O–H groups in total. The standard InChI is InChI=1S/C15H19N3O4/c1-9(19)18-14-11(16)7-12(15(20)21)22-13(14)8-17-10-5-3-2-4-6-10/h2-7,11,13-14,17H,8,16H2,1H3,(H,18,19)(H,20,21)/t11-,13?,14?/m1/s1. The predicted octanol–water partition coefficient (Wildman–Crippen LogP) is 0.298. The van der Waals surface area contributed by atoms with Gasteiger partial charge in [-0.1, -0.05) is 18.2 Å². The number of amides is 1. The van der Waals surface area contributed by atoms with Crippen molar-refractivity contribution in [2.24, 2.45) is 5.73 Å². The Morgan fingerprint density at radius 1 is 1.32 bits per heavy atom. The second-order valence-corrected chi connectivity index (χ2v) is 5.04. The topological polar surface area (TPSA) is 114 Å². The second-order valence-electron chi connectivity index (χ2n) is 5.04. The quantitative estimate of drug-likeness (QED) is 0.622. The van der Waals surface area contributed by atoms with E-state index in [1.165, 1.54) is 13.0 Å². The maximum absolute atomic E-state index is 11.3. The van der Waals surface area contributed by atoms with Crippen LogP contribution in [0.2, 0.25) is 0 Å². The van der Waals surface area contributed by atoms with E-state index in [-0.39, 0.29) is 11.7 Å². The van der Waals surface area contributed by atoms with E-state index in [4.69, 9.17) is 15.6 Å². The lowest BCUT2D eigenvalue weighted by Crippen LogP contribution is -2.58. The molecule has 0 bridgehead atoms. The molecule has 7 heteroatoms. The number of benzene rings is 1. The Labute approximate surface area is 128 Å². The van der Waals surface area contributed by atoms with Gasteiger partial charge < -0.3 is 26.2 Å². The SMILES string of the molecule is CC(=O)NC1C(CNc2ccccc2)OC(C(=O)O)=C[C@H]1N. The van der Waals surface area contributed by atoms with Gasteiger partial charge >= 0.3 is 5.97 Å². The summed E-state index contributed by atoms with van der Waals surface area (Å²) in [4.78, 5) is 22.4. The number of hydrogen-bond acceptors (Lipinski definition) is 5. The average molecular weight is 305 g/mol. The number of rotatable bonds is 5. The van der Waals surface area contributed by atoms with E-state index >= 15 is 0 Å². The summed E-state index contributed by atoms with van der Waals surface area (Å²) in [6.45, 7) is 1.69. The molecule has 0 radical (unpaired) electrons. The maximum atomic E-state index is 11.3. The molecule has 1 amide bonds. The molecule has 3 atom stereocenters. The molecular formula is C15H19N3O4. The molecule has 2 unspecified atom stereocenters. The molecule has 1 aromatic carbocycles. The number of para-hydroxylation sites is 1. The molecule has 22 heavy (non-hydrogen) atoms. The summed E-state index contributed by atoms with van der Waals surface area (Å²) < 4.78 is 5.46. The van der Waals surface area contributed by atoms with E-state index in [1.54, 1.807) is 0 Å². The van der Waals surface area contributed by atoms with Crippen LogP contribution in [0.25, 0.3) is 0 Å². The zero-order valence-electron chi connectivity index (χ0n) is 12.2. The average Bonchev–Trinajstić information content (AvgIpc) is 2.48. The molecule has 0 saturated heterocycles. The first-order valence-corrected chi connectivity index (χ1v) is 6.90. The molecule has 1 heterocycles. The van der Waals surface area contributed by atoms with E-state index in [9.17, 15) is 9.59 Å². The van der Waals surface area contributed by atoms with E-state index in [0.29, 0.717) is 6.54 Å². The Bertz CT molecular complexity index is 573. The molecule has 1 aliphatic heterocycles. The number of nitrogens with two attached hydrogens (primary N) is 1. The van der Waals surface area contributed by atoms with Gasteiger partial charge in [-0.25, -0.2) is 4.79 Å². The van der Waals surface area contributed by atoms with Crippen molar-refractivity contribution in [2.75, 3.05) is 11.9 Å². The highest BCUT2D eigenvalue weighted by Gasteiger charge is 2.35. The Hall–Kier alpha value is -2.54. The molecule has 118 valence electrons. The van der Waals surface area contributed by atoms with Crippen LogP contribution >= 0.6 is 0 Å². The molecule has 2 rings (SSSR count). The lowest BCUT2D eigenvalue weighted by atomic mass is 9.98. The number of carbonyl (C=O) groups is 2. The van der Waals surface area contributed by atoms with Crippen molar-refractivity contribution >= 4 is 17.6 Å². The first-order valence-electron chi connectivity index (χ1n) is 6.90. The molecule has 1 aliphatic rings. The third-order valence-electron chi connectivity index (χ3n) is 3.30. The number of carboxylic acids is 1. The number of aliphatic carboxylic acids is 1. The molecule has 1 aromatic rings. The van der Waals surface area contributed by atoms with Gasteiger partial charge in [0.25, 0.3) is 0 Å². The van der Waals surface area contributed by atoms with Gasteiger partial charge in [0.2, 0.25) is 11.7 Å². The maximum Gasteiger partial charge on any atom is 0.370 e. The van der Waals surface area contributed by atoms with E-state index in [1.807, 2.05) is 30.3 Å². The number of carboxylic acid groups (broad SMARTS) is 1. The highest BCUT2D eigenvalue weighted by atomic mass is 16.5. The van der Waals surface area contributed by atoms with Crippen LogP contribution < -0.4 is 16.4 Å². The third-order valence-corrected chi connectivity index (χ3v) is 3.30. The van der Waals surface area contributed by atoms with Gasteiger partial charge in [0.15, 0.2) is 0 Å². The first kappa shape index (κ1) is 15.8. The number of ether oxygens (including phenoxy) is 1. The summed E-state index contributed by atoms with van der Waals surface area (Å²) in [6.07, 6.45) is 0.720. The van der Waals surface area contributed by atoms with Crippen LogP contribution in [0.5, 0.6) is 0 Å². The lowest BCUT2D eigenvalue weighted by molar-refractivity contribution is -0.138. The Morgan fingerprint density at radius 2 is 2.00 bits per heavy atom. The fourth-order valence-corrected chi connectivity index (χ4v) is 2.29. The minimum atomic E-state index is -1.18. The van der Waals surface area contributed by atoms with Crippen molar-refractivity contribution in [3.63, 3.8) is 0 Å². The highest BCUT2D eigenvalue weighted by molar-refractivity contribution is 5.84. The summed E-state index contributed by atoms with van der Waals surface area (Å²) in [6, 6.07) is 8.27. The smallest absolute Gasteiger partial charge is 0.370 e. The van der Waals surface area contributed by atoms with E-state index in [0.717, 1.165) is 5.69 Å². The van der Waals surface area contributed by atoms with Gasteiger partial charge in [0.1, 0.15) is 6.10 Å². The van der Waals surface area contributed by atoms with Crippen LogP contribution in [0.15, 0.2) is 42.2 Å². The van der Waals surface area contributed by atoms with Crippen LogP contribution in [0.3, 0.4) is 0 Å². The molecule has 0 spiro atoms. The van der Waals surface area contributed by atoms with Crippen molar-refractivity contribution in [2.45, 2.75) is 25.1 Å². The summed E-state index contributed by atoms with van der Waals surface area (Å²) in [5.41, 5.74) is 6.82. The van der Waals surface area contributed by atoms with Crippen molar-refractivity contribution in [1.82, 2.24) is 5.32 Å². The molecule has 7 nitrogen and oxygen atoms in total. The number of hydrogen-bond donors (Lipinski definition) is 4. The predicted molar refractivity (Wildman–Crippen MR) is 81.1 cm³/mol. The lowest BCUT2D eigenvalue weighted by Gasteiger charge is -2.35. The molecule has 0 aliphatic carbocycles. The van der Waals surface area contributed by atoms with E-state index < -0.39 is 24.2 Å². The Balaban J connectivity index is 2.11. The van der Waals surface area contributed by atoms with Crippen molar-refractivity contribution in [3.8, 4) is 0 Å². The van der Waals surface area contributed by atoms with Gasteiger partial charge in [-0.3, -0.25) is 4.79 Å². The molecule has 0 aromatic heterocycles. The fraction of sp³-hybridized carbons (Fsp3) is 0.333. The summed E-state index contributed by atoms with van der Waals surface area (Å²) in [5, 5.41) is 14.9. The summed E-state index contributed by atoms with van der Waals surface area (Å²) in [5.74, 6) is -1.63. The molecule has 0 fully saturated rings. The van der Waals surface area contributed by atoms with Gasteiger partial charge in [-0.05, 0) is 18.2 Å². The van der Waals surface area contributed by atoms with Crippen molar-refractivity contribution in [3.05, 3.63) is 42.2 Å². The number of anilines is 1. The zero-order valence-corrected chi connectivity index (χ0v) is 12.2. The van der Waals surface area contributed by atoms with Gasteiger partial charge in [-0.2, -0.15) is 0 Å². The largest absolute Gasteiger partial charge is 0.479 e. The molecule has 0 saturated carbocycles. The van der Waals surface area contributed by atoms with Gasteiger partial charge in [0, 0.05) is 12.6 Å². The first-order chi connectivity index (χ1) is 10.5. The third kappa shape index (κ3) is 3.98. The van der Waals surface area contributed by atoms with Crippen molar-refractivity contribution in [1.29, 1.82) is 0 Å². The van der Waals surface area contributed by atoms with Gasteiger partial charge in [0.05, 0.1) is 18.6 Å². The second kappa shape index (κ2) is 6.95. The number of nitrogens with one attached hydrogen (secondary N) is 2. The monoisotopic (exact) mass is 305 g/mol. The minimum Gasteiger partial charge on any atom is -0.479 e. The van der Waals surface area contributed by atoms with Crippen LogP contribution in [-0.2, 0) is 14.3 Å².